The number of nitrogens with two attached hydrogens (primary N) is 1. The SMILES string of the molecule is CCCCCCCCCCCNC(=O)CN1c2ccc(cc2[N+](=O)[O-])C[C@@H](C(N)=O)NC(=O)[C@@H](C(C)C)NC(=O)[C@@H]1Cc1ccccc1. The van der Waals surface area contributed by atoms with Crippen molar-refractivity contribution >= 4 is 35.0 Å². The molecular weight excluding hydrogens is 612 g/mol. The molecule has 0 aliphatic carbocycles. The zero-order valence-electron chi connectivity index (χ0n) is 28.5. The van der Waals surface area contributed by atoms with Gasteiger partial charge in [-0.2, -0.15) is 0 Å². The number of anilines is 1. The Morgan fingerprint density at radius 1 is 0.958 bits per heavy atom. The molecule has 5 N–H and O–H groups in total. The molecule has 2 bridgehead atoms. The zero-order chi connectivity index (χ0) is 35.1. The molecule has 2 heterocycles. The first kappa shape index (κ1) is 38.0. The standard InChI is InChI=1S/C36H52N6O6/c1-4-5-6-7-8-9-10-11-15-20-38-32(43)24-41-29-19-18-27(23-30(29)42(47)48)21-28(34(37)44)39-36(46)33(25(2)3)40-35(45)31(41)22-26-16-13-12-14-17-26/h12-14,16-19,23,25,28,31,33H,4-11,15,20-22,24H2,1-3H3,(H2,37,44)(H,38,43)(H,39,46)(H,40,45)/t28-,31-,33+/m0/s1. The number of nitrogens with one attached hydrogen (secondary N) is 3. The normalized spacial score (nSPS) is 18.3. The first-order chi connectivity index (χ1) is 23.0. The number of nitrogens with zero attached hydrogens (tertiary/aromatic N) is 2. The molecule has 262 valence electrons. The first-order valence-electron chi connectivity index (χ1n) is 17.3. The fourth-order valence-electron chi connectivity index (χ4n) is 6.01. The van der Waals surface area contributed by atoms with Crippen molar-refractivity contribution < 1.29 is 24.1 Å². The maximum absolute atomic E-state index is 14.2. The molecule has 0 saturated heterocycles. The highest BCUT2D eigenvalue weighted by Crippen LogP contribution is 2.32. The van der Waals surface area contributed by atoms with Crippen molar-refractivity contribution in [2.24, 2.45) is 11.7 Å². The van der Waals surface area contributed by atoms with Gasteiger partial charge in [-0.3, -0.25) is 29.3 Å². The molecule has 0 unspecified atom stereocenters. The number of amides is 4. The van der Waals surface area contributed by atoms with Crippen LogP contribution in [0.1, 0.15) is 89.7 Å². The van der Waals surface area contributed by atoms with E-state index >= 15 is 0 Å². The average molecular weight is 665 g/mol. The van der Waals surface area contributed by atoms with Gasteiger partial charge in [-0.05, 0) is 29.5 Å². The van der Waals surface area contributed by atoms with E-state index in [0.29, 0.717) is 12.1 Å². The third-order valence-electron chi connectivity index (χ3n) is 8.76. The number of carbonyl (C=O) groups excluding carboxylic acids is 4. The van der Waals surface area contributed by atoms with Crippen LogP contribution in [0.4, 0.5) is 11.4 Å². The fourth-order valence-corrected chi connectivity index (χ4v) is 6.01. The molecule has 12 heteroatoms. The second-order valence-corrected chi connectivity index (χ2v) is 13.0. The summed E-state index contributed by atoms with van der Waals surface area (Å²) >= 11 is 0. The summed E-state index contributed by atoms with van der Waals surface area (Å²) in [5.41, 5.74) is 6.50. The smallest absolute Gasteiger partial charge is 0.292 e. The molecule has 2 aromatic rings. The van der Waals surface area contributed by atoms with Crippen molar-refractivity contribution in [1.29, 1.82) is 0 Å². The molecule has 2 aliphatic rings. The minimum Gasteiger partial charge on any atom is -0.368 e. The van der Waals surface area contributed by atoms with Crippen LogP contribution in [0.3, 0.4) is 0 Å². The number of nitro benzene ring substituents is 1. The van der Waals surface area contributed by atoms with Gasteiger partial charge in [0.05, 0.1) is 11.5 Å². The van der Waals surface area contributed by atoms with Crippen LogP contribution in [-0.4, -0.2) is 59.8 Å². The molecule has 0 fully saturated rings. The van der Waals surface area contributed by atoms with Crippen molar-refractivity contribution in [3.63, 3.8) is 0 Å². The third-order valence-corrected chi connectivity index (χ3v) is 8.76. The molecular formula is C36H52N6O6. The quantitative estimate of drug-likeness (QED) is 0.0842. The summed E-state index contributed by atoms with van der Waals surface area (Å²) in [7, 11) is 0. The van der Waals surface area contributed by atoms with Gasteiger partial charge in [0, 0.05) is 25.5 Å². The predicted octanol–water partition coefficient (Wildman–Crippen LogP) is 4.33. The van der Waals surface area contributed by atoms with Crippen LogP contribution < -0.4 is 26.6 Å². The van der Waals surface area contributed by atoms with Gasteiger partial charge in [0.1, 0.15) is 23.8 Å². The minimum absolute atomic E-state index is 0.0771. The monoisotopic (exact) mass is 664 g/mol. The number of fused-ring (bicyclic) bond motifs is 10. The highest BCUT2D eigenvalue weighted by molar-refractivity contribution is 5.95. The Morgan fingerprint density at radius 2 is 1.60 bits per heavy atom. The molecule has 0 radical (unpaired) electrons. The summed E-state index contributed by atoms with van der Waals surface area (Å²) in [6.07, 6.45) is 10.3. The van der Waals surface area contributed by atoms with Crippen molar-refractivity contribution in [1.82, 2.24) is 16.0 Å². The third kappa shape index (κ3) is 11.6. The minimum atomic E-state index is -1.16. The Balaban J connectivity index is 1.94. The van der Waals surface area contributed by atoms with E-state index in [1.54, 1.807) is 19.9 Å². The van der Waals surface area contributed by atoms with Gasteiger partial charge in [-0.15, -0.1) is 0 Å². The molecule has 4 amide bonds. The van der Waals surface area contributed by atoms with E-state index < -0.39 is 40.8 Å². The molecule has 2 aliphatic heterocycles. The molecule has 48 heavy (non-hydrogen) atoms. The van der Waals surface area contributed by atoms with E-state index in [0.717, 1.165) is 31.2 Å². The Hall–Kier alpha value is -4.48. The van der Waals surface area contributed by atoms with E-state index in [4.69, 9.17) is 5.73 Å². The van der Waals surface area contributed by atoms with Gasteiger partial charge in [0.2, 0.25) is 23.6 Å². The lowest BCUT2D eigenvalue weighted by Crippen LogP contribution is -2.59. The van der Waals surface area contributed by atoms with Gasteiger partial charge in [-0.25, -0.2) is 0 Å². The largest absolute Gasteiger partial charge is 0.368 e. The van der Waals surface area contributed by atoms with Crippen molar-refractivity contribution in [3.8, 4) is 0 Å². The highest BCUT2D eigenvalue weighted by Gasteiger charge is 2.37. The summed E-state index contributed by atoms with van der Waals surface area (Å²) in [5.74, 6) is -2.76. The Labute approximate surface area is 283 Å². The number of nitro groups is 1. The van der Waals surface area contributed by atoms with Crippen LogP contribution in [0.25, 0.3) is 0 Å². The summed E-state index contributed by atoms with van der Waals surface area (Å²) in [6.45, 7) is 5.83. The number of primary amides is 1. The molecule has 3 atom stereocenters. The summed E-state index contributed by atoms with van der Waals surface area (Å²) in [6, 6.07) is 10.2. The predicted molar refractivity (Wildman–Crippen MR) is 186 cm³/mol. The average Bonchev–Trinajstić information content (AvgIpc) is 3.06. The van der Waals surface area contributed by atoms with Crippen LogP contribution in [0.15, 0.2) is 48.5 Å². The van der Waals surface area contributed by atoms with E-state index in [1.807, 2.05) is 30.3 Å². The lowest BCUT2D eigenvalue weighted by atomic mass is 9.99. The van der Waals surface area contributed by atoms with Crippen LogP contribution in [-0.2, 0) is 32.0 Å². The maximum Gasteiger partial charge on any atom is 0.292 e. The van der Waals surface area contributed by atoms with Crippen LogP contribution in [0.2, 0.25) is 0 Å². The van der Waals surface area contributed by atoms with E-state index in [2.05, 4.69) is 22.9 Å². The molecule has 0 spiro atoms. The second kappa shape index (κ2) is 19.4. The maximum atomic E-state index is 14.2. The van der Waals surface area contributed by atoms with Crippen molar-refractivity contribution in [3.05, 3.63) is 69.8 Å². The number of benzene rings is 2. The highest BCUT2D eigenvalue weighted by atomic mass is 16.6. The Morgan fingerprint density at radius 3 is 2.21 bits per heavy atom. The lowest BCUT2D eigenvalue weighted by molar-refractivity contribution is -0.384. The molecule has 0 saturated carbocycles. The topological polar surface area (TPSA) is 177 Å². The van der Waals surface area contributed by atoms with Gasteiger partial charge in [0.15, 0.2) is 0 Å². The van der Waals surface area contributed by atoms with E-state index in [1.165, 1.54) is 49.1 Å². The Bertz CT molecular complexity index is 1380. The molecule has 2 aromatic carbocycles. The zero-order valence-corrected chi connectivity index (χ0v) is 28.5. The van der Waals surface area contributed by atoms with Crippen molar-refractivity contribution in [2.75, 3.05) is 18.0 Å². The molecule has 12 nitrogen and oxygen atoms in total. The Kier molecular flexibility index (Phi) is 15.3. The molecule has 4 rings (SSSR count). The van der Waals surface area contributed by atoms with Crippen LogP contribution in [0.5, 0.6) is 0 Å². The number of rotatable bonds is 17. The lowest BCUT2D eigenvalue weighted by Gasteiger charge is -2.33. The fraction of sp³-hybridized carbons (Fsp3) is 0.556. The van der Waals surface area contributed by atoms with Gasteiger partial charge >= 0.3 is 0 Å². The number of hydrogen-bond acceptors (Lipinski definition) is 7. The van der Waals surface area contributed by atoms with Crippen molar-refractivity contribution in [2.45, 2.75) is 110 Å². The van der Waals surface area contributed by atoms with Gasteiger partial charge in [0.25, 0.3) is 5.69 Å². The first-order valence-corrected chi connectivity index (χ1v) is 17.3. The van der Waals surface area contributed by atoms with E-state index in [9.17, 15) is 29.3 Å². The van der Waals surface area contributed by atoms with Crippen LogP contribution in [0, 0.1) is 16.0 Å². The summed E-state index contributed by atoms with van der Waals surface area (Å²) in [5, 5.41) is 20.8. The summed E-state index contributed by atoms with van der Waals surface area (Å²) < 4.78 is 0. The second-order valence-electron chi connectivity index (χ2n) is 13.0. The van der Waals surface area contributed by atoms with Gasteiger partial charge in [-0.1, -0.05) is 109 Å². The number of carbonyl (C=O) groups is 4. The number of unbranched alkanes of at least 4 members (excludes halogenated alkanes) is 8. The summed E-state index contributed by atoms with van der Waals surface area (Å²) in [4.78, 5) is 66.7. The van der Waals surface area contributed by atoms with Crippen LogP contribution >= 0.6 is 0 Å². The van der Waals surface area contributed by atoms with Gasteiger partial charge < -0.3 is 26.6 Å². The molecule has 0 aromatic heterocycles. The number of hydrogen-bond donors (Lipinski definition) is 4. The van der Waals surface area contributed by atoms with E-state index in [-0.39, 0.29) is 42.6 Å².